The second kappa shape index (κ2) is 60.7. The van der Waals surface area contributed by atoms with Gasteiger partial charge in [0.15, 0.2) is 0 Å². The first-order valence-electron chi connectivity index (χ1n) is 31.4. The molecule has 0 radical (unpaired) electrons. The van der Waals surface area contributed by atoms with Crippen LogP contribution in [0, 0.1) is 0 Å². The first-order valence-corrected chi connectivity index (χ1v) is 31.4. The van der Waals surface area contributed by atoms with Crippen LogP contribution < -0.4 is 5.32 Å². The third-order valence-electron chi connectivity index (χ3n) is 14.5. The van der Waals surface area contributed by atoms with Crippen LogP contribution in [-0.4, -0.2) is 34.9 Å². The lowest BCUT2D eigenvalue weighted by atomic mass is 10.0. The Morgan fingerprint density at radius 3 is 0.928 bits per heavy atom. The van der Waals surface area contributed by atoms with E-state index < -0.39 is 12.1 Å². The summed E-state index contributed by atoms with van der Waals surface area (Å²) >= 11 is 0. The number of hydrogen-bond acceptors (Lipinski definition) is 3. The van der Waals surface area contributed by atoms with Crippen LogP contribution in [0.25, 0.3) is 0 Å². The lowest BCUT2D eigenvalue weighted by Gasteiger charge is -2.19. The van der Waals surface area contributed by atoms with Crippen molar-refractivity contribution in [1.29, 1.82) is 0 Å². The van der Waals surface area contributed by atoms with Crippen LogP contribution in [-0.2, 0) is 4.79 Å². The molecular weight excluding hydrogens is 843 g/mol. The second-order valence-electron chi connectivity index (χ2n) is 21.5. The topological polar surface area (TPSA) is 69.6 Å². The molecule has 0 fully saturated rings. The molecule has 406 valence electrons. The summed E-state index contributed by atoms with van der Waals surface area (Å²) in [4.78, 5) is 12.5. The van der Waals surface area contributed by atoms with Crippen molar-refractivity contribution in [1.82, 2.24) is 5.32 Å². The zero-order valence-corrected chi connectivity index (χ0v) is 46.8. The third kappa shape index (κ3) is 57.1. The molecule has 3 N–H and O–H groups in total. The Bertz CT molecular complexity index is 1090. The van der Waals surface area contributed by atoms with Crippen molar-refractivity contribution < 1.29 is 15.0 Å². The van der Waals surface area contributed by atoms with Crippen LogP contribution in [0.4, 0.5) is 0 Å². The maximum atomic E-state index is 12.5. The molecule has 4 heteroatoms. The van der Waals surface area contributed by atoms with Crippen LogP contribution in [0.1, 0.15) is 341 Å². The van der Waals surface area contributed by atoms with Crippen LogP contribution >= 0.6 is 0 Å². The van der Waals surface area contributed by atoms with E-state index in [1.807, 2.05) is 6.08 Å². The number of carbonyl (C=O) groups is 1. The average molecular weight is 967 g/mol. The quantitative estimate of drug-likeness (QED) is 0.0420. The molecule has 1 amide bonds. The minimum atomic E-state index is -0.863. The van der Waals surface area contributed by atoms with E-state index in [1.54, 1.807) is 6.08 Å². The summed E-state index contributed by atoms with van der Waals surface area (Å²) in [6, 6.07) is -0.640. The van der Waals surface area contributed by atoms with E-state index in [0.717, 1.165) is 38.5 Å². The van der Waals surface area contributed by atoms with Crippen LogP contribution in [0.3, 0.4) is 0 Å². The highest BCUT2D eigenvalue weighted by Gasteiger charge is 2.18. The molecule has 2 unspecified atom stereocenters. The van der Waals surface area contributed by atoms with Gasteiger partial charge in [-0.25, -0.2) is 0 Å². The normalized spacial score (nSPS) is 13.0. The lowest BCUT2D eigenvalue weighted by molar-refractivity contribution is -0.123. The maximum Gasteiger partial charge on any atom is 0.220 e. The van der Waals surface area contributed by atoms with Gasteiger partial charge in [0.1, 0.15) is 0 Å². The molecule has 0 saturated heterocycles. The molecule has 69 heavy (non-hydrogen) atoms. The predicted octanol–water partition coefficient (Wildman–Crippen LogP) is 21.0. The first-order chi connectivity index (χ1) is 34.2. The molecule has 0 rings (SSSR count). The van der Waals surface area contributed by atoms with Crippen molar-refractivity contribution in [2.45, 2.75) is 353 Å². The van der Waals surface area contributed by atoms with Gasteiger partial charge in [-0.3, -0.25) is 4.79 Å². The van der Waals surface area contributed by atoms with E-state index in [1.165, 1.54) is 283 Å². The Balaban J connectivity index is 3.47. The van der Waals surface area contributed by atoms with Crippen LogP contribution in [0.5, 0.6) is 0 Å². The number of nitrogens with one attached hydrogen (secondary N) is 1. The molecule has 0 heterocycles. The van der Waals surface area contributed by atoms with Gasteiger partial charge in [0.25, 0.3) is 0 Å². The number of aliphatic hydroxyl groups excluding tert-OH is 2. The van der Waals surface area contributed by atoms with Gasteiger partial charge < -0.3 is 15.5 Å². The number of allylic oxidation sites excluding steroid dienone is 7. The lowest BCUT2D eigenvalue weighted by Crippen LogP contribution is -2.45. The fraction of sp³-hybridized carbons (Fsp3) is 0.862. The fourth-order valence-electron chi connectivity index (χ4n) is 9.76. The number of rotatable bonds is 58. The van der Waals surface area contributed by atoms with E-state index in [0.29, 0.717) is 6.42 Å². The summed E-state index contributed by atoms with van der Waals surface area (Å²) < 4.78 is 0. The highest BCUT2D eigenvalue weighted by molar-refractivity contribution is 5.76. The summed E-state index contributed by atoms with van der Waals surface area (Å²) in [5, 5.41) is 23.2. The third-order valence-corrected chi connectivity index (χ3v) is 14.5. The highest BCUT2D eigenvalue weighted by atomic mass is 16.3. The molecule has 2 atom stereocenters. The monoisotopic (exact) mass is 966 g/mol. The van der Waals surface area contributed by atoms with Crippen molar-refractivity contribution in [3.8, 4) is 0 Å². The van der Waals surface area contributed by atoms with Gasteiger partial charge in [-0.15, -0.1) is 0 Å². The van der Waals surface area contributed by atoms with Gasteiger partial charge in [-0.2, -0.15) is 0 Å². The minimum absolute atomic E-state index is 0.0691. The van der Waals surface area contributed by atoms with Crippen LogP contribution in [0.15, 0.2) is 48.6 Å². The number of amides is 1. The molecular formula is C65H123NO3. The summed E-state index contributed by atoms with van der Waals surface area (Å²) in [7, 11) is 0. The van der Waals surface area contributed by atoms with Gasteiger partial charge in [0, 0.05) is 6.42 Å². The van der Waals surface area contributed by atoms with E-state index in [4.69, 9.17) is 0 Å². The van der Waals surface area contributed by atoms with Crippen molar-refractivity contribution in [2.24, 2.45) is 0 Å². The number of hydrogen-bond donors (Lipinski definition) is 3. The van der Waals surface area contributed by atoms with Crippen LogP contribution in [0.2, 0.25) is 0 Å². The summed E-state index contributed by atoms with van der Waals surface area (Å²) in [5.74, 6) is -0.0691. The van der Waals surface area contributed by atoms with Gasteiger partial charge in [-0.05, 0) is 64.2 Å². The van der Waals surface area contributed by atoms with Crippen molar-refractivity contribution >= 4 is 5.91 Å². The average Bonchev–Trinajstić information content (AvgIpc) is 3.35. The summed E-state index contributed by atoms with van der Waals surface area (Å²) in [6.45, 7) is 4.33. The number of aliphatic hydroxyl groups is 2. The molecule has 4 nitrogen and oxygen atoms in total. The smallest absolute Gasteiger partial charge is 0.220 e. The molecule has 0 aliphatic heterocycles. The summed E-state index contributed by atoms with van der Waals surface area (Å²) in [6.07, 6.45) is 84.5. The standard InChI is InChI=1S/C65H123NO3/c1-3-5-7-9-11-13-15-17-19-21-23-25-27-28-29-30-31-32-33-34-35-36-37-38-39-41-43-45-47-49-51-53-55-57-59-61-65(69)66-63(62-67)64(68)60-58-56-54-52-50-48-46-44-42-40-26-24-22-20-18-16-14-12-10-8-6-4-2/h27-28,30-31,50,52,58,60,63-64,67-68H,3-26,29,32-49,51,53-57,59,61-62H2,1-2H3,(H,66,69)/b28-27-,31-30-,52-50+,60-58+. The van der Waals surface area contributed by atoms with Crippen molar-refractivity contribution in [3.63, 3.8) is 0 Å². The number of unbranched alkanes of at least 4 members (excludes halogenated alkanes) is 45. The Labute approximate surface area is 433 Å². The predicted molar refractivity (Wildman–Crippen MR) is 308 cm³/mol. The zero-order valence-electron chi connectivity index (χ0n) is 46.8. The van der Waals surface area contributed by atoms with Crippen molar-refractivity contribution in [2.75, 3.05) is 6.61 Å². The fourth-order valence-corrected chi connectivity index (χ4v) is 9.76. The highest BCUT2D eigenvalue weighted by Crippen LogP contribution is 2.17. The largest absolute Gasteiger partial charge is 0.394 e. The molecule has 0 aliphatic rings. The summed E-state index contributed by atoms with van der Waals surface area (Å²) in [5.41, 5.74) is 0. The SMILES string of the molecule is CCCCCCCCCCCCC/C=C\C/C=C\CCCCCCCCCCCCCCCCCCCC(=O)NC(CO)C(O)/C=C/CC/C=C/CCCCCCCCCCCCCCCCCC. The molecule has 0 saturated carbocycles. The molecule has 0 aromatic rings. The Morgan fingerprint density at radius 2 is 0.609 bits per heavy atom. The molecule has 0 bridgehead atoms. The van der Waals surface area contributed by atoms with Gasteiger partial charge >= 0.3 is 0 Å². The first kappa shape index (κ1) is 67.3. The second-order valence-corrected chi connectivity index (χ2v) is 21.5. The minimum Gasteiger partial charge on any atom is -0.394 e. The van der Waals surface area contributed by atoms with Crippen molar-refractivity contribution in [3.05, 3.63) is 48.6 Å². The van der Waals surface area contributed by atoms with Gasteiger partial charge in [-0.1, -0.05) is 319 Å². The Kier molecular flexibility index (Phi) is 59.2. The van der Waals surface area contributed by atoms with E-state index in [-0.39, 0.29) is 12.5 Å². The molecule has 0 aromatic carbocycles. The van der Waals surface area contributed by atoms with E-state index >= 15 is 0 Å². The maximum absolute atomic E-state index is 12.5. The van der Waals surface area contributed by atoms with Gasteiger partial charge in [0.2, 0.25) is 5.91 Å². The zero-order chi connectivity index (χ0) is 49.9. The molecule has 0 aromatic heterocycles. The molecule has 0 aliphatic carbocycles. The Morgan fingerprint density at radius 1 is 0.348 bits per heavy atom. The Hall–Kier alpha value is -1.65. The molecule has 0 spiro atoms. The van der Waals surface area contributed by atoms with E-state index in [9.17, 15) is 15.0 Å². The number of carbonyl (C=O) groups excluding carboxylic acids is 1. The van der Waals surface area contributed by atoms with E-state index in [2.05, 4.69) is 55.6 Å². The van der Waals surface area contributed by atoms with Gasteiger partial charge in [0.05, 0.1) is 18.8 Å².